The number of phosphoric ester groups is 1. The summed E-state index contributed by atoms with van der Waals surface area (Å²) in [6.07, 6.45) is -3.10. The zero-order valence-electron chi connectivity index (χ0n) is 27.4. The van der Waals surface area contributed by atoms with Gasteiger partial charge in [-0.25, -0.2) is 18.3 Å². The predicted octanol–water partition coefficient (Wildman–Crippen LogP) is 4.53. The Hall–Kier alpha value is -1.92. The van der Waals surface area contributed by atoms with Crippen LogP contribution in [0.5, 0.6) is 0 Å². The Morgan fingerprint density at radius 3 is 2.07 bits per heavy atom. The molecule has 1 saturated heterocycles. The van der Waals surface area contributed by atoms with E-state index in [9.17, 15) is 19.3 Å². The van der Waals surface area contributed by atoms with Gasteiger partial charge in [0.2, 0.25) is 5.95 Å². The molecule has 2 aromatic rings. The van der Waals surface area contributed by atoms with E-state index in [2.05, 4.69) is 15.0 Å². The van der Waals surface area contributed by atoms with Gasteiger partial charge in [0.05, 0.1) is 19.5 Å². The summed E-state index contributed by atoms with van der Waals surface area (Å²) in [5.74, 6) is -2.95. The van der Waals surface area contributed by atoms with Crippen LogP contribution in [0.25, 0.3) is 11.2 Å². The molecule has 1 aliphatic heterocycles. The average molecular weight is 713 g/mol. The van der Waals surface area contributed by atoms with Crippen molar-refractivity contribution in [2.24, 2.45) is 10.8 Å². The molecule has 46 heavy (non-hydrogen) atoms. The van der Waals surface area contributed by atoms with E-state index in [1.807, 2.05) is 0 Å². The number of alkyl halides is 2. The zero-order chi connectivity index (χ0) is 34.9. The number of hydrogen-bond acceptors (Lipinski definition) is 15. The number of thioether (sulfide) groups is 2. The normalized spacial score (nSPS) is 24.1. The maximum Gasteiger partial charge on any atom is 0.475 e. The predicted molar refractivity (Wildman–Crippen MR) is 173 cm³/mol. The van der Waals surface area contributed by atoms with Crippen molar-refractivity contribution in [1.29, 1.82) is 0 Å². The smallest absolute Gasteiger partial charge is 0.384 e. The third-order valence-electron chi connectivity index (χ3n) is 6.61. The first-order valence-corrected chi connectivity index (χ1v) is 17.7. The number of carbonyl (C=O) groups is 2. The number of aromatic nitrogens is 4. The van der Waals surface area contributed by atoms with Crippen LogP contribution in [0.2, 0.25) is 0 Å². The fraction of sp³-hybridized carbons (Fsp3) is 0.741. The maximum absolute atomic E-state index is 16.2. The van der Waals surface area contributed by atoms with Gasteiger partial charge in [0, 0.05) is 36.4 Å². The number of nitrogens with zero attached hydrogens (tertiary/aromatic N) is 5. The first-order valence-electron chi connectivity index (χ1n) is 14.3. The molecule has 1 fully saturated rings. The van der Waals surface area contributed by atoms with E-state index in [4.69, 9.17) is 24.0 Å². The van der Waals surface area contributed by atoms with Gasteiger partial charge >= 0.3 is 7.82 Å². The summed E-state index contributed by atoms with van der Waals surface area (Å²) in [7, 11) is -1.22. The summed E-state index contributed by atoms with van der Waals surface area (Å²) in [5.41, 5.74) is 2.05. The number of carbonyl (C=O) groups excluding carboxylic acids is 2. The molecule has 260 valence electrons. The minimum absolute atomic E-state index is 0.0180. The standard InChI is InChI=1S/C27H43F2N6O8PS2/c1-24(2,3)21(37)45-12-10-40-44(39,41-11-13-46-22(38)25(4,5)6)42-14-27(29)19(36)26(7,28)20(43-27)35-15-31-16-17(34(8)9)32-23(30)33-18(16)35/h15,19-20,36H,10-14H2,1-9H3,(H2,30,32,33)/t19-,20+,26+,27+/m0/s1. The molecule has 3 rings (SSSR count). The quantitative estimate of drug-likeness (QED) is 0.218. The second kappa shape index (κ2) is 14.3. The van der Waals surface area contributed by atoms with Gasteiger partial charge in [-0.3, -0.25) is 27.7 Å². The number of imidazole rings is 1. The molecule has 0 aliphatic carbocycles. The highest BCUT2D eigenvalue weighted by Gasteiger charge is 2.65. The van der Waals surface area contributed by atoms with Crippen LogP contribution in [-0.2, 0) is 32.5 Å². The van der Waals surface area contributed by atoms with Crippen LogP contribution in [0.1, 0.15) is 54.7 Å². The summed E-state index contributed by atoms with van der Waals surface area (Å²) in [6.45, 7) is 9.53. The number of nitrogen functional groups attached to an aromatic ring is 1. The SMILES string of the molecule is CN(C)c1nc(N)nc2c1ncn2[C@@H]1O[C@](F)(COP(=O)(OCCSC(=O)C(C)(C)C)OCCSC(=O)C(C)(C)C)[C@@H](O)[C@@]1(C)F. The molecule has 0 aromatic carbocycles. The van der Waals surface area contributed by atoms with Crippen LogP contribution in [0.3, 0.4) is 0 Å². The van der Waals surface area contributed by atoms with Crippen LogP contribution in [0.4, 0.5) is 20.5 Å². The van der Waals surface area contributed by atoms with Crippen LogP contribution in [0.15, 0.2) is 6.33 Å². The van der Waals surface area contributed by atoms with Crippen molar-refractivity contribution < 1.29 is 46.3 Å². The number of anilines is 2. The van der Waals surface area contributed by atoms with Crippen LogP contribution < -0.4 is 10.6 Å². The third-order valence-corrected chi connectivity index (χ3v) is 10.5. The minimum Gasteiger partial charge on any atom is -0.384 e. The number of ether oxygens (including phenoxy) is 1. The van der Waals surface area contributed by atoms with Crippen molar-refractivity contribution in [3.63, 3.8) is 0 Å². The second-order valence-corrected chi connectivity index (χ2v) is 16.9. The van der Waals surface area contributed by atoms with Gasteiger partial charge in [-0.15, -0.1) is 0 Å². The van der Waals surface area contributed by atoms with Crippen molar-refractivity contribution in [2.45, 2.75) is 72.3 Å². The summed E-state index contributed by atoms with van der Waals surface area (Å²) in [6, 6.07) is 0. The second-order valence-electron chi connectivity index (χ2n) is 13.1. The molecule has 14 nitrogen and oxygen atoms in total. The molecule has 4 atom stereocenters. The lowest BCUT2D eigenvalue weighted by Gasteiger charge is -2.26. The van der Waals surface area contributed by atoms with Crippen molar-refractivity contribution in [3.05, 3.63) is 6.33 Å². The van der Waals surface area contributed by atoms with Gasteiger partial charge < -0.3 is 20.5 Å². The van der Waals surface area contributed by atoms with E-state index in [-0.39, 0.29) is 52.1 Å². The maximum atomic E-state index is 16.2. The van der Waals surface area contributed by atoms with Gasteiger partial charge in [-0.1, -0.05) is 65.1 Å². The van der Waals surface area contributed by atoms with Gasteiger partial charge in [-0.2, -0.15) is 9.97 Å². The number of rotatable bonds is 13. The molecule has 2 aromatic heterocycles. The number of aliphatic hydroxyl groups is 1. The Labute approximate surface area is 275 Å². The zero-order valence-corrected chi connectivity index (χ0v) is 29.9. The highest BCUT2D eigenvalue weighted by molar-refractivity contribution is 8.14. The third kappa shape index (κ3) is 8.95. The van der Waals surface area contributed by atoms with E-state index < -0.39 is 49.1 Å². The Morgan fingerprint density at radius 1 is 1.07 bits per heavy atom. The highest BCUT2D eigenvalue weighted by atomic mass is 32.2. The van der Waals surface area contributed by atoms with Crippen molar-refractivity contribution in [2.75, 3.05) is 56.1 Å². The lowest BCUT2D eigenvalue weighted by Crippen LogP contribution is -2.46. The number of aliphatic hydroxyl groups excluding tert-OH is 1. The lowest BCUT2D eigenvalue weighted by atomic mass is 9.97. The highest BCUT2D eigenvalue weighted by Crippen LogP contribution is 2.54. The van der Waals surface area contributed by atoms with Crippen molar-refractivity contribution in [3.8, 4) is 0 Å². The average Bonchev–Trinajstić information content (AvgIpc) is 3.43. The van der Waals surface area contributed by atoms with Crippen molar-refractivity contribution >= 4 is 64.5 Å². The lowest BCUT2D eigenvalue weighted by molar-refractivity contribution is -0.204. The topological polar surface area (TPSA) is 181 Å². The van der Waals surface area contributed by atoms with E-state index in [1.54, 1.807) is 60.5 Å². The van der Waals surface area contributed by atoms with Gasteiger partial charge in [0.15, 0.2) is 45.2 Å². The summed E-state index contributed by atoms with van der Waals surface area (Å²) >= 11 is 1.88. The van der Waals surface area contributed by atoms with Gasteiger partial charge in [-0.05, 0) is 6.92 Å². The fourth-order valence-electron chi connectivity index (χ4n) is 4.04. The van der Waals surface area contributed by atoms with Crippen LogP contribution >= 0.6 is 31.3 Å². The molecular weight excluding hydrogens is 669 g/mol. The molecule has 1 aliphatic rings. The Balaban J connectivity index is 1.79. The molecule has 0 amide bonds. The molecule has 19 heteroatoms. The number of hydrogen-bond donors (Lipinski definition) is 2. The molecule has 3 heterocycles. The van der Waals surface area contributed by atoms with Crippen molar-refractivity contribution in [1.82, 2.24) is 19.5 Å². The molecule has 0 spiro atoms. The number of phosphoric acid groups is 1. The number of halogens is 2. The monoisotopic (exact) mass is 712 g/mol. The van der Waals surface area contributed by atoms with E-state index in [0.717, 1.165) is 41.3 Å². The molecular formula is C27H43F2N6O8PS2. The summed E-state index contributed by atoms with van der Waals surface area (Å²) in [5, 5.41) is 10.5. The largest absolute Gasteiger partial charge is 0.475 e. The fourth-order valence-corrected chi connectivity index (χ4v) is 7.05. The molecule has 3 N–H and O–H groups in total. The Bertz CT molecular complexity index is 1430. The molecule has 0 saturated carbocycles. The summed E-state index contributed by atoms with van der Waals surface area (Å²) < 4.78 is 68.4. The van der Waals surface area contributed by atoms with E-state index in [1.165, 1.54) is 0 Å². The van der Waals surface area contributed by atoms with Crippen LogP contribution in [-0.4, -0.2) is 97.9 Å². The number of nitrogens with two attached hydrogens (primary N) is 1. The Kier molecular flexibility index (Phi) is 12.0. The molecule has 0 radical (unpaired) electrons. The van der Waals surface area contributed by atoms with E-state index >= 15 is 8.78 Å². The number of fused-ring (bicyclic) bond motifs is 1. The molecule has 0 bridgehead atoms. The first-order chi connectivity index (χ1) is 21.0. The summed E-state index contributed by atoms with van der Waals surface area (Å²) in [4.78, 5) is 38.6. The Morgan fingerprint density at radius 2 is 1.59 bits per heavy atom. The minimum atomic E-state index is -4.59. The van der Waals surface area contributed by atoms with Gasteiger partial charge in [0.1, 0.15) is 6.61 Å². The van der Waals surface area contributed by atoms with E-state index in [0.29, 0.717) is 5.82 Å². The first kappa shape index (κ1) is 38.5. The van der Waals surface area contributed by atoms with Crippen LogP contribution in [0, 0.1) is 10.8 Å². The van der Waals surface area contributed by atoms with Gasteiger partial charge in [0.25, 0.3) is 5.85 Å². The molecule has 0 unspecified atom stereocenters.